The summed E-state index contributed by atoms with van der Waals surface area (Å²) < 4.78 is 11.5. The van der Waals surface area contributed by atoms with Crippen molar-refractivity contribution in [3.05, 3.63) is 82.0 Å². The van der Waals surface area contributed by atoms with Gasteiger partial charge in [0.1, 0.15) is 24.6 Å². The number of benzene rings is 1. The number of hydrogen-bond acceptors (Lipinski definition) is 9. The zero-order valence-electron chi connectivity index (χ0n) is 22.1. The SMILES string of the molecule is Cc1cnc(NNC(=O)OCc2ccccc2)c(=O)n1CC(=O)NCc1ccc(NC(=O)OC(C)(C)C)nc1. The Morgan fingerprint density at radius 2 is 1.69 bits per heavy atom. The molecule has 0 aliphatic carbocycles. The summed E-state index contributed by atoms with van der Waals surface area (Å²) in [4.78, 5) is 57.3. The number of carbonyl (C=O) groups is 3. The van der Waals surface area contributed by atoms with Gasteiger partial charge >= 0.3 is 12.2 Å². The molecule has 0 saturated heterocycles. The molecule has 39 heavy (non-hydrogen) atoms. The van der Waals surface area contributed by atoms with E-state index in [9.17, 15) is 19.2 Å². The Balaban J connectivity index is 1.50. The molecule has 1 aromatic carbocycles. The van der Waals surface area contributed by atoms with Crippen molar-refractivity contribution in [1.82, 2.24) is 25.3 Å². The quantitative estimate of drug-likeness (QED) is 0.300. The summed E-state index contributed by atoms with van der Waals surface area (Å²) in [5, 5.41) is 5.24. The highest BCUT2D eigenvalue weighted by Crippen LogP contribution is 2.10. The molecule has 3 aromatic rings. The molecule has 13 heteroatoms. The van der Waals surface area contributed by atoms with Crippen LogP contribution >= 0.6 is 0 Å². The van der Waals surface area contributed by atoms with E-state index in [4.69, 9.17) is 9.47 Å². The Morgan fingerprint density at radius 3 is 2.36 bits per heavy atom. The van der Waals surface area contributed by atoms with Gasteiger partial charge in [0.05, 0.1) is 0 Å². The first kappa shape index (κ1) is 28.6. The van der Waals surface area contributed by atoms with E-state index in [0.717, 1.165) is 5.56 Å². The highest BCUT2D eigenvalue weighted by molar-refractivity contribution is 5.83. The second-order valence-electron chi connectivity index (χ2n) is 9.41. The number of amides is 3. The van der Waals surface area contributed by atoms with Crippen molar-refractivity contribution in [3.8, 4) is 0 Å². The van der Waals surface area contributed by atoms with E-state index in [1.807, 2.05) is 18.2 Å². The van der Waals surface area contributed by atoms with E-state index >= 15 is 0 Å². The number of aryl methyl sites for hydroxylation is 1. The minimum atomic E-state index is -0.800. The lowest BCUT2D eigenvalue weighted by Gasteiger charge is -2.19. The van der Waals surface area contributed by atoms with Gasteiger partial charge in [-0.1, -0.05) is 36.4 Å². The van der Waals surface area contributed by atoms with E-state index in [0.29, 0.717) is 17.1 Å². The van der Waals surface area contributed by atoms with Crippen LogP contribution in [0.25, 0.3) is 0 Å². The second kappa shape index (κ2) is 13.0. The highest BCUT2D eigenvalue weighted by atomic mass is 16.6. The first-order valence-corrected chi connectivity index (χ1v) is 12.0. The normalized spacial score (nSPS) is 10.8. The maximum Gasteiger partial charge on any atom is 0.426 e. The lowest BCUT2D eigenvalue weighted by molar-refractivity contribution is -0.121. The Bertz CT molecular complexity index is 1350. The predicted octanol–water partition coefficient (Wildman–Crippen LogP) is 2.86. The standard InChI is InChI=1S/C26H31N7O6/c1-17-12-29-22(31-32-25(37)38-16-18-8-6-5-7-9-18)23(35)33(17)15-21(34)28-14-19-10-11-20(27-13-19)30-24(36)39-26(2,3)4/h5-13H,14-16H2,1-4H3,(H,28,34)(H,29,31)(H,32,37)(H,27,30,36). The number of ether oxygens (including phenoxy) is 2. The summed E-state index contributed by atoms with van der Waals surface area (Å²) in [5.41, 5.74) is 5.38. The van der Waals surface area contributed by atoms with Crippen LogP contribution in [0.15, 0.2) is 59.7 Å². The van der Waals surface area contributed by atoms with E-state index in [-0.39, 0.29) is 25.5 Å². The summed E-state index contributed by atoms with van der Waals surface area (Å²) >= 11 is 0. The van der Waals surface area contributed by atoms with Crippen LogP contribution in [0, 0.1) is 6.92 Å². The Hall–Kier alpha value is -4.94. The topological polar surface area (TPSA) is 166 Å². The number of carbonyl (C=O) groups excluding carboxylic acids is 3. The van der Waals surface area contributed by atoms with Crippen molar-refractivity contribution in [3.63, 3.8) is 0 Å². The van der Waals surface area contributed by atoms with Crippen molar-refractivity contribution in [2.75, 3.05) is 10.7 Å². The number of pyridine rings is 1. The predicted molar refractivity (Wildman–Crippen MR) is 143 cm³/mol. The van der Waals surface area contributed by atoms with Gasteiger partial charge < -0.3 is 14.8 Å². The van der Waals surface area contributed by atoms with Crippen molar-refractivity contribution in [2.24, 2.45) is 0 Å². The fourth-order valence-corrected chi connectivity index (χ4v) is 3.13. The molecule has 0 bridgehead atoms. The molecule has 0 spiro atoms. The van der Waals surface area contributed by atoms with E-state index < -0.39 is 29.3 Å². The third kappa shape index (κ3) is 9.46. The molecule has 0 saturated carbocycles. The smallest absolute Gasteiger partial charge is 0.426 e. The zero-order valence-corrected chi connectivity index (χ0v) is 22.1. The van der Waals surface area contributed by atoms with Crippen LogP contribution in [0.1, 0.15) is 37.6 Å². The first-order valence-electron chi connectivity index (χ1n) is 12.0. The molecule has 4 N–H and O–H groups in total. The van der Waals surface area contributed by atoms with Gasteiger partial charge in [0.2, 0.25) is 11.7 Å². The van der Waals surface area contributed by atoms with Gasteiger partial charge in [-0.15, -0.1) is 0 Å². The molecule has 2 heterocycles. The summed E-state index contributed by atoms with van der Waals surface area (Å²) in [6.07, 6.45) is 1.48. The lowest BCUT2D eigenvalue weighted by atomic mass is 10.2. The molecule has 0 fully saturated rings. The molecule has 0 atom stereocenters. The van der Waals surface area contributed by atoms with Crippen LogP contribution < -0.4 is 27.0 Å². The minimum Gasteiger partial charge on any atom is -0.444 e. The summed E-state index contributed by atoms with van der Waals surface area (Å²) in [7, 11) is 0. The van der Waals surface area contributed by atoms with Crippen molar-refractivity contribution in [2.45, 2.75) is 53.0 Å². The maximum absolute atomic E-state index is 12.8. The number of aromatic nitrogens is 3. The highest BCUT2D eigenvalue weighted by Gasteiger charge is 2.17. The third-order valence-corrected chi connectivity index (χ3v) is 4.99. The van der Waals surface area contributed by atoms with Gasteiger partial charge in [-0.05, 0) is 44.9 Å². The average molecular weight is 538 g/mol. The fourth-order valence-electron chi connectivity index (χ4n) is 3.13. The van der Waals surface area contributed by atoms with E-state index in [1.165, 1.54) is 17.0 Å². The van der Waals surface area contributed by atoms with Crippen LogP contribution in [0.3, 0.4) is 0 Å². The molecule has 206 valence electrons. The lowest BCUT2D eigenvalue weighted by Crippen LogP contribution is -2.38. The monoisotopic (exact) mass is 537 g/mol. The fraction of sp³-hybridized carbons (Fsp3) is 0.308. The average Bonchev–Trinajstić information content (AvgIpc) is 2.88. The number of hydrogen-bond donors (Lipinski definition) is 4. The molecule has 0 unspecified atom stereocenters. The number of rotatable bonds is 9. The molecule has 0 aliphatic rings. The summed E-state index contributed by atoms with van der Waals surface area (Å²) in [5.74, 6) is -0.304. The zero-order chi connectivity index (χ0) is 28.4. The molecular weight excluding hydrogens is 506 g/mol. The van der Waals surface area contributed by atoms with Gasteiger partial charge in [-0.2, -0.15) is 0 Å². The van der Waals surface area contributed by atoms with Gasteiger partial charge in [0, 0.05) is 24.6 Å². The summed E-state index contributed by atoms with van der Waals surface area (Å²) in [6, 6.07) is 12.4. The van der Waals surface area contributed by atoms with Crippen LogP contribution in [0.4, 0.5) is 21.2 Å². The number of hydrazine groups is 1. The van der Waals surface area contributed by atoms with Crippen LogP contribution in [0.2, 0.25) is 0 Å². The van der Waals surface area contributed by atoms with Crippen LogP contribution in [0.5, 0.6) is 0 Å². The first-order chi connectivity index (χ1) is 18.5. The molecular formula is C26H31N7O6. The van der Waals surface area contributed by atoms with Crippen molar-refractivity contribution in [1.29, 1.82) is 0 Å². The molecule has 13 nitrogen and oxygen atoms in total. The maximum atomic E-state index is 12.8. The van der Waals surface area contributed by atoms with Crippen molar-refractivity contribution < 1.29 is 23.9 Å². The third-order valence-electron chi connectivity index (χ3n) is 4.99. The largest absolute Gasteiger partial charge is 0.444 e. The van der Waals surface area contributed by atoms with Gasteiger partial charge in [-0.3, -0.25) is 24.9 Å². The summed E-state index contributed by atoms with van der Waals surface area (Å²) in [6.45, 7) is 6.83. The molecule has 0 radical (unpaired) electrons. The van der Waals surface area contributed by atoms with E-state index in [2.05, 4.69) is 31.5 Å². The molecule has 2 aromatic heterocycles. The molecule has 3 amide bonds. The molecule has 3 rings (SSSR count). The minimum absolute atomic E-state index is 0.0541. The number of nitrogens with one attached hydrogen (secondary N) is 4. The van der Waals surface area contributed by atoms with E-state index in [1.54, 1.807) is 52.0 Å². The number of nitrogens with zero attached hydrogens (tertiary/aromatic N) is 3. The van der Waals surface area contributed by atoms with Gasteiger partial charge in [-0.25, -0.2) is 25.0 Å². The Morgan fingerprint density at radius 1 is 0.949 bits per heavy atom. The van der Waals surface area contributed by atoms with Crippen molar-refractivity contribution >= 4 is 29.7 Å². The van der Waals surface area contributed by atoms with Crippen LogP contribution in [-0.4, -0.2) is 38.2 Å². The molecule has 0 aliphatic heterocycles. The van der Waals surface area contributed by atoms with Gasteiger partial charge in [0.25, 0.3) is 5.56 Å². The van der Waals surface area contributed by atoms with Crippen LogP contribution in [-0.2, 0) is 34.0 Å². The Kier molecular flexibility index (Phi) is 9.57. The Labute approximate surface area is 224 Å². The second-order valence-corrected chi connectivity index (χ2v) is 9.41. The number of anilines is 2. The van der Waals surface area contributed by atoms with Gasteiger partial charge in [0.15, 0.2) is 0 Å².